The summed E-state index contributed by atoms with van der Waals surface area (Å²) in [4.78, 5) is 4.44. The summed E-state index contributed by atoms with van der Waals surface area (Å²) in [7, 11) is 0. The van der Waals surface area contributed by atoms with Crippen molar-refractivity contribution in [2.75, 3.05) is 0 Å². The molecule has 6 heteroatoms. The van der Waals surface area contributed by atoms with Gasteiger partial charge < -0.3 is 4.42 Å². The van der Waals surface area contributed by atoms with Gasteiger partial charge in [0.2, 0.25) is 5.71 Å². The van der Waals surface area contributed by atoms with Crippen molar-refractivity contribution in [2.45, 2.75) is 6.42 Å². The molecule has 3 aromatic heterocycles. The number of nitrogens with zero attached hydrogens (tertiary/aromatic N) is 5. The van der Waals surface area contributed by atoms with Gasteiger partial charge in [-0.25, -0.2) is 9.19 Å². The quantitative estimate of drug-likeness (QED) is 0.283. The Morgan fingerprint density at radius 2 is 1.50 bits per heavy atom. The van der Waals surface area contributed by atoms with Crippen LogP contribution in [0.4, 0.5) is 0 Å². The summed E-state index contributed by atoms with van der Waals surface area (Å²) in [5, 5.41) is 15.4. The highest BCUT2D eigenvalue weighted by Crippen LogP contribution is 2.22. The molecule has 0 bridgehead atoms. The highest BCUT2D eigenvalue weighted by molar-refractivity contribution is 5.94. The van der Waals surface area contributed by atoms with Crippen molar-refractivity contribution in [1.82, 2.24) is 14.3 Å². The van der Waals surface area contributed by atoms with Crippen molar-refractivity contribution in [1.29, 1.82) is 0 Å². The fourth-order valence-corrected chi connectivity index (χ4v) is 4.78. The minimum Gasteiger partial charge on any atom is -0.438 e. The Morgan fingerprint density at radius 3 is 2.39 bits per heavy atom. The van der Waals surface area contributed by atoms with E-state index < -0.39 is 0 Å². The van der Waals surface area contributed by atoms with E-state index >= 15 is 0 Å². The van der Waals surface area contributed by atoms with E-state index in [1.807, 2.05) is 83.9 Å². The molecule has 1 aliphatic heterocycles. The third-order valence-electron chi connectivity index (χ3n) is 6.62. The van der Waals surface area contributed by atoms with Gasteiger partial charge in [0.15, 0.2) is 0 Å². The van der Waals surface area contributed by atoms with E-state index in [0.717, 1.165) is 50.3 Å². The maximum atomic E-state index is 6.08. The van der Waals surface area contributed by atoms with Gasteiger partial charge in [0.1, 0.15) is 10.8 Å². The molecule has 8 rings (SSSR count). The van der Waals surface area contributed by atoms with Crippen LogP contribution in [-0.2, 0) is 0 Å². The van der Waals surface area contributed by atoms with Crippen LogP contribution in [0.2, 0.25) is 0 Å². The van der Waals surface area contributed by atoms with Gasteiger partial charge in [-0.2, -0.15) is 10.2 Å². The summed E-state index contributed by atoms with van der Waals surface area (Å²) in [6, 6.07) is 26.3. The van der Waals surface area contributed by atoms with Crippen molar-refractivity contribution in [2.24, 2.45) is 10.1 Å². The molecule has 0 radical (unpaired) electrons. The predicted octanol–water partition coefficient (Wildman–Crippen LogP) is 5.45. The zero-order chi connectivity index (χ0) is 25.3. The molecule has 38 heavy (non-hydrogen) atoms. The minimum absolute atomic E-state index is 0.777. The van der Waals surface area contributed by atoms with E-state index in [1.165, 1.54) is 10.8 Å². The maximum Gasteiger partial charge on any atom is 0.228 e. The normalized spacial score (nSPS) is 13.9. The second kappa shape index (κ2) is 9.33. The average Bonchev–Trinajstić information content (AvgIpc) is 3.45. The van der Waals surface area contributed by atoms with Crippen LogP contribution in [-0.4, -0.2) is 14.3 Å². The SMILES string of the molecule is C1=Cc2c3ccccc3cn2/N=c2/ccccc2=N1.C1=Cc2ccnn3cc4ccccc4c3oc2=CC1. The lowest BCUT2D eigenvalue weighted by Crippen LogP contribution is -2.26. The average molecular weight is 494 g/mol. The lowest BCUT2D eigenvalue weighted by molar-refractivity contribution is 0.540. The van der Waals surface area contributed by atoms with Crippen LogP contribution in [0, 0.1) is 0 Å². The molecule has 0 saturated heterocycles. The molecule has 3 aromatic carbocycles. The molecular weight excluding hydrogens is 470 g/mol. The van der Waals surface area contributed by atoms with Crippen molar-refractivity contribution in [3.63, 3.8) is 0 Å². The zero-order valence-corrected chi connectivity index (χ0v) is 20.5. The third kappa shape index (κ3) is 3.98. The molecule has 0 saturated carbocycles. The van der Waals surface area contributed by atoms with Gasteiger partial charge in [0.05, 0.1) is 11.1 Å². The van der Waals surface area contributed by atoms with E-state index in [0.29, 0.717) is 0 Å². The van der Waals surface area contributed by atoms with Gasteiger partial charge in [-0.05, 0) is 42.8 Å². The molecule has 0 fully saturated rings. The Bertz CT molecular complexity index is 2120. The number of allylic oxidation sites excluding steroid dienone is 1. The molecule has 6 aromatic rings. The van der Waals surface area contributed by atoms with Gasteiger partial charge in [-0.3, -0.25) is 4.99 Å². The molecule has 0 unspecified atom stereocenters. The third-order valence-corrected chi connectivity index (χ3v) is 6.62. The highest BCUT2D eigenvalue weighted by atomic mass is 16.3. The predicted molar refractivity (Wildman–Crippen MR) is 151 cm³/mol. The first-order chi connectivity index (χ1) is 18.8. The van der Waals surface area contributed by atoms with Crippen LogP contribution >= 0.6 is 0 Å². The van der Waals surface area contributed by atoms with Crippen LogP contribution in [0.25, 0.3) is 45.5 Å². The Morgan fingerprint density at radius 1 is 0.737 bits per heavy atom. The minimum atomic E-state index is 0.777. The molecule has 0 amide bonds. The first kappa shape index (κ1) is 22.0. The Hall–Kier alpha value is -5.23. The second-order valence-corrected chi connectivity index (χ2v) is 9.04. The summed E-state index contributed by atoms with van der Waals surface area (Å²) < 4.78 is 9.80. The van der Waals surface area contributed by atoms with Crippen molar-refractivity contribution < 1.29 is 4.42 Å². The van der Waals surface area contributed by atoms with Crippen molar-refractivity contribution in [3.05, 3.63) is 137 Å². The van der Waals surface area contributed by atoms with Crippen LogP contribution in [0.5, 0.6) is 0 Å². The second-order valence-electron chi connectivity index (χ2n) is 9.04. The molecule has 0 N–H and O–H groups in total. The lowest BCUT2D eigenvalue weighted by Gasteiger charge is -2.00. The molecule has 4 heterocycles. The van der Waals surface area contributed by atoms with Crippen LogP contribution in [0.15, 0.2) is 124 Å². The number of hydrogen-bond acceptors (Lipinski definition) is 4. The van der Waals surface area contributed by atoms with Gasteiger partial charge in [-0.1, -0.05) is 66.7 Å². The summed E-state index contributed by atoms with van der Waals surface area (Å²) in [5.41, 5.74) is 3.80. The van der Waals surface area contributed by atoms with Gasteiger partial charge in [0, 0.05) is 51.9 Å². The first-order valence-corrected chi connectivity index (χ1v) is 12.5. The summed E-state index contributed by atoms with van der Waals surface area (Å²) in [6.45, 7) is 0. The number of hydrogen-bond donors (Lipinski definition) is 0. The summed E-state index contributed by atoms with van der Waals surface area (Å²) >= 11 is 0. The number of rotatable bonds is 0. The number of para-hydroxylation sites is 1. The molecule has 182 valence electrons. The first-order valence-electron chi connectivity index (χ1n) is 12.5. The standard InChI is InChI=1S/C16H11N3.C16H12N2O/c1-2-6-13-12(5-1)11-19-16(13)9-10-17-14-7-3-4-8-15(14)18-19;1-3-7-14-13(6-1)11-18-16(14)19-15-8-4-2-5-12(15)9-10-17-18/h1-11H;1-3,5-11H,4H2/b10-9?,17-14?,18-15-;. The van der Waals surface area contributed by atoms with Gasteiger partial charge in [-0.15, -0.1) is 0 Å². The highest BCUT2D eigenvalue weighted by Gasteiger charge is 2.07. The topological polar surface area (TPSA) is 60.1 Å². The van der Waals surface area contributed by atoms with Gasteiger partial charge in [0.25, 0.3) is 0 Å². The Kier molecular flexibility index (Phi) is 5.40. The van der Waals surface area contributed by atoms with Crippen LogP contribution in [0.3, 0.4) is 0 Å². The Labute approximate surface area is 217 Å². The van der Waals surface area contributed by atoms with E-state index in [4.69, 9.17) is 4.42 Å². The van der Waals surface area contributed by atoms with E-state index in [2.05, 4.69) is 63.9 Å². The van der Waals surface area contributed by atoms with Crippen LogP contribution < -0.4 is 16.1 Å². The Balaban J connectivity index is 0.000000127. The summed E-state index contributed by atoms with van der Waals surface area (Å²) in [6.07, 6.45) is 16.9. The molecule has 0 atom stereocenters. The number of aromatic nitrogens is 3. The molecule has 0 spiro atoms. The monoisotopic (exact) mass is 493 g/mol. The van der Waals surface area contributed by atoms with E-state index in [1.54, 1.807) is 4.52 Å². The smallest absolute Gasteiger partial charge is 0.228 e. The maximum absolute atomic E-state index is 6.08. The molecule has 6 nitrogen and oxygen atoms in total. The molecule has 1 aliphatic carbocycles. The summed E-state index contributed by atoms with van der Waals surface area (Å²) in [5.74, 6) is 0. The fraction of sp³-hybridized carbons (Fsp3) is 0.0312. The number of benzene rings is 3. The van der Waals surface area contributed by atoms with E-state index in [-0.39, 0.29) is 0 Å². The van der Waals surface area contributed by atoms with Crippen molar-refractivity contribution >= 4 is 45.5 Å². The molecular formula is C32H23N5O. The lowest BCUT2D eigenvalue weighted by atomic mass is 10.1. The fourth-order valence-electron chi connectivity index (χ4n) is 4.78. The zero-order valence-electron chi connectivity index (χ0n) is 20.5. The van der Waals surface area contributed by atoms with Crippen molar-refractivity contribution in [3.8, 4) is 0 Å². The van der Waals surface area contributed by atoms with Gasteiger partial charge >= 0.3 is 0 Å². The number of fused-ring (bicyclic) bond motifs is 8. The molecule has 2 aliphatic rings. The van der Waals surface area contributed by atoms with E-state index in [9.17, 15) is 0 Å². The van der Waals surface area contributed by atoms with Crippen LogP contribution in [0.1, 0.15) is 17.7 Å². The largest absolute Gasteiger partial charge is 0.438 e.